The maximum absolute atomic E-state index is 10.4. The van der Waals surface area contributed by atoms with E-state index in [1.54, 1.807) is 12.1 Å². The second-order valence-electron chi connectivity index (χ2n) is 1.60. The Kier molecular flexibility index (Phi) is 3.07. The number of carbonyl (C=O) groups excluding carboxylic acids is 1. The molecule has 0 atom stereocenters. The molecule has 0 saturated heterocycles. The van der Waals surface area contributed by atoms with E-state index in [-0.39, 0.29) is 5.48 Å². The average Bonchev–Trinajstić information content (AvgIpc) is 1.90. The highest BCUT2D eigenvalue weighted by Gasteiger charge is 1.94. The Balaban J connectivity index is 0.000000810. The minimum atomic E-state index is -0.419. The number of hydrogen-bond acceptors (Lipinski definition) is 2. The zero-order valence-corrected chi connectivity index (χ0v) is 5.24. The number of rotatable bonds is 1. The molecular formula is C6H8N2O2. The van der Waals surface area contributed by atoms with Crippen molar-refractivity contribution in [2.45, 2.75) is 0 Å². The van der Waals surface area contributed by atoms with E-state index in [1.165, 1.54) is 12.4 Å². The molecular weight excluding hydrogens is 132 g/mol. The van der Waals surface area contributed by atoms with Crippen molar-refractivity contribution < 1.29 is 10.3 Å². The van der Waals surface area contributed by atoms with Gasteiger partial charge in [0.25, 0.3) is 0 Å². The van der Waals surface area contributed by atoms with Crippen molar-refractivity contribution >= 4 is 5.91 Å². The molecule has 0 unspecified atom stereocenters. The van der Waals surface area contributed by atoms with Crippen molar-refractivity contribution in [3.05, 3.63) is 30.1 Å². The van der Waals surface area contributed by atoms with Crippen LogP contribution >= 0.6 is 0 Å². The van der Waals surface area contributed by atoms with Crippen LogP contribution in [-0.4, -0.2) is 16.4 Å². The molecule has 0 bridgehead atoms. The minimum Gasteiger partial charge on any atom is -0.412 e. The summed E-state index contributed by atoms with van der Waals surface area (Å²) in [5.74, 6) is -0.419. The first kappa shape index (κ1) is 8.58. The molecule has 0 aliphatic rings. The van der Waals surface area contributed by atoms with Crippen LogP contribution in [0.5, 0.6) is 0 Å². The molecule has 0 radical (unpaired) electrons. The van der Waals surface area contributed by atoms with Gasteiger partial charge in [-0.2, -0.15) is 0 Å². The summed E-state index contributed by atoms with van der Waals surface area (Å²) in [6.45, 7) is 0. The predicted octanol–water partition coefficient (Wildman–Crippen LogP) is -0.644. The summed E-state index contributed by atoms with van der Waals surface area (Å²) in [6, 6.07) is 3.14. The van der Waals surface area contributed by atoms with Gasteiger partial charge in [-0.1, -0.05) is 0 Å². The lowest BCUT2D eigenvalue weighted by atomic mass is 10.3. The third-order valence-corrected chi connectivity index (χ3v) is 0.965. The van der Waals surface area contributed by atoms with Gasteiger partial charge < -0.3 is 11.2 Å². The van der Waals surface area contributed by atoms with E-state index < -0.39 is 5.91 Å². The first-order valence-corrected chi connectivity index (χ1v) is 2.50. The van der Waals surface area contributed by atoms with E-state index in [1.807, 2.05) is 0 Å². The zero-order chi connectivity index (χ0) is 6.69. The molecule has 54 valence electrons. The van der Waals surface area contributed by atoms with Crippen LogP contribution in [0.2, 0.25) is 0 Å². The number of amides is 1. The van der Waals surface area contributed by atoms with Gasteiger partial charge in [-0.05, 0) is 12.1 Å². The van der Waals surface area contributed by atoms with Crippen LogP contribution in [-0.2, 0) is 0 Å². The van der Waals surface area contributed by atoms with Crippen molar-refractivity contribution in [1.29, 1.82) is 0 Å². The summed E-state index contributed by atoms with van der Waals surface area (Å²) in [5, 5.41) is 0. The van der Waals surface area contributed by atoms with E-state index in [0.717, 1.165) is 0 Å². The number of aromatic nitrogens is 1. The highest BCUT2D eigenvalue weighted by Crippen LogP contribution is 1.91. The maximum Gasteiger partial charge on any atom is 0.248 e. The van der Waals surface area contributed by atoms with E-state index in [4.69, 9.17) is 5.73 Å². The van der Waals surface area contributed by atoms with Gasteiger partial charge in [-0.25, -0.2) is 0 Å². The number of nitrogens with zero attached hydrogens (tertiary/aromatic N) is 1. The number of nitrogens with two attached hydrogens (primary N) is 1. The Morgan fingerprint density at radius 2 is 1.90 bits per heavy atom. The van der Waals surface area contributed by atoms with Crippen LogP contribution in [0.25, 0.3) is 0 Å². The van der Waals surface area contributed by atoms with Crippen molar-refractivity contribution in [2.24, 2.45) is 5.73 Å². The summed E-state index contributed by atoms with van der Waals surface area (Å²) in [5.41, 5.74) is 5.44. The van der Waals surface area contributed by atoms with E-state index in [2.05, 4.69) is 4.98 Å². The molecule has 4 heteroatoms. The van der Waals surface area contributed by atoms with Gasteiger partial charge in [0.15, 0.2) is 0 Å². The monoisotopic (exact) mass is 140 g/mol. The first-order chi connectivity index (χ1) is 4.30. The highest BCUT2D eigenvalue weighted by atomic mass is 16.1. The van der Waals surface area contributed by atoms with E-state index >= 15 is 0 Å². The summed E-state index contributed by atoms with van der Waals surface area (Å²) in [6.07, 6.45) is 3.06. The predicted molar refractivity (Wildman–Crippen MR) is 36.4 cm³/mol. The topological polar surface area (TPSA) is 87.5 Å². The Morgan fingerprint density at radius 1 is 1.40 bits per heavy atom. The van der Waals surface area contributed by atoms with E-state index in [0.29, 0.717) is 5.56 Å². The molecule has 0 aliphatic heterocycles. The van der Waals surface area contributed by atoms with Gasteiger partial charge in [0, 0.05) is 18.0 Å². The number of pyridine rings is 1. The third kappa shape index (κ3) is 1.83. The molecule has 0 spiro atoms. The van der Waals surface area contributed by atoms with Crippen LogP contribution in [0.4, 0.5) is 0 Å². The number of primary amides is 1. The van der Waals surface area contributed by atoms with Gasteiger partial charge in [0.1, 0.15) is 0 Å². The molecule has 1 aromatic rings. The summed E-state index contributed by atoms with van der Waals surface area (Å²) < 4.78 is 0. The van der Waals surface area contributed by atoms with Crippen LogP contribution in [0.15, 0.2) is 24.5 Å². The van der Waals surface area contributed by atoms with Gasteiger partial charge >= 0.3 is 0 Å². The lowest BCUT2D eigenvalue weighted by Gasteiger charge is -1.88. The Bertz CT molecular complexity index is 210. The minimum absolute atomic E-state index is 0. The van der Waals surface area contributed by atoms with Crippen molar-refractivity contribution in [3.8, 4) is 0 Å². The third-order valence-electron chi connectivity index (χ3n) is 0.965. The summed E-state index contributed by atoms with van der Waals surface area (Å²) in [7, 11) is 0. The fourth-order valence-corrected chi connectivity index (χ4v) is 0.516. The molecule has 1 amide bonds. The fraction of sp³-hybridized carbons (Fsp3) is 0. The summed E-state index contributed by atoms with van der Waals surface area (Å²) >= 11 is 0. The molecule has 0 aliphatic carbocycles. The first-order valence-electron chi connectivity index (χ1n) is 2.50. The molecule has 0 aromatic carbocycles. The fourth-order valence-electron chi connectivity index (χ4n) is 0.516. The van der Waals surface area contributed by atoms with Gasteiger partial charge in [-0.3, -0.25) is 9.78 Å². The molecule has 10 heavy (non-hydrogen) atoms. The standard InChI is InChI=1S/C6H6N2O.H2O/c7-6(9)5-1-3-8-4-2-5;/h1-4H,(H2,7,9);1H2. The van der Waals surface area contributed by atoms with Gasteiger partial charge in [0.05, 0.1) is 0 Å². The quantitative estimate of drug-likeness (QED) is 0.562. The SMILES string of the molecule is NC(=O)c1ccncc1.O. The zero-order valence-electron chi connectivity index (χ0n) is 5.24. The summed E-state index contributed by atoms with van der Waals surface area (Å²) in [4.78, 5) is 14.1. The number of hydrogen-bond donors (Lipinski definition) is 1. The molecule has 4 nitrogen and oxygen atoms in total. The van der Waals surface area contributed by atoms with Crippen molar-refractivity contribution in [1.82, 2.24) is 4.98 Å². The molecule has 1 rings (SSSR count). The molecule has 1 heterocycles. The van der Waals surface area contributed by atoms with Gasteiger partial charge in [-0.15, -0.1) is 0 Å². The molecule has 1 aromatic heterocycles. The second kappa shape index (κ2) is 3.58. The number of carbonyl (C=O) groups is 1. The molecule has 0 fully saturated rings. The second-order valence-corrected chi connectivity index (χ2v) is 1.60. The Labute approximate surface area is 58.0 Å². The normalized spacial score (nSPS) is 8.00. The van der Waals surface area contributed by atoms with Crippen LogP contribution in [0.3, 0.4) is 0 Å². The Hall–Kier alpha value is -1.42. The largest absolute Gasteiger partial charge is 0.412 e. The molecule has 4 N–H and O–H groups in total. The van der Waals surface area contributed by atoms with Gasteiger partial charge in [0.2, 0.25) is 5.91 Å². The van der Waals surface area contributed by atoms with Crippen molar-refractivity contribution in [3.63, 3.8) is 0 Å². The lowest BCUT2D eigenvalue weighted by molar-refractivity contribution is 0.1000. The highest BCUT2D eigenvalue weighted by molar-refractivity contribution is 5.92. The maximum atomic E-state index is 10.4. The van der Waals surface area contributed by atoms with Crippen molar-refractivity contribution in [2.75, 3.05) is 0 Å². The average molecular weight is 140 g/mol. The lowest BCUT2D eigenvalue weighted by Crippen LogP contribution is -2.10. The Morgan fingerprint density at radius 3 is 2.20 bits per heavy atom. The van der Waals surface area contributed by atoms with Crippen LogP contribution in [0.1, 0.15) is 10.4 Å². The smallest absolute Gasteiger partial charge is 0.248 e. The van der Waals surface area contributed by atoms with Crippen LogP contribution < -0.4 is 5.73 Å². The van der Waals surface area contributed by atoms with E-state index in [9.17, 15) is 4.79 Å². The van der Waals surface area contributed by atoms with Crippen LogP contribution in [0, 0.1) is 0 Å². The molecule has 0 saturated carbocycles.